The van der Waals surface area contributed by atoms with Gasteiger partial charge in [0.15, 0.2) is 0 Å². The van der Waals surface area contributed by atoms with E-state index in [2.05, 4.69) is 4.74 Å². The SMILES string of the molecule is CCOC(=O)/C(F)=C/c1cccc(F)c1. The fourth-order valence-electron chi connectivity index (χ4n) is 1.00. The minimum atomic E-state index is -1.04. The van der Waals surface area contributed by atoms with E-state index in [4.69, 9.17) is 0 Å². The van der Waals surface area contributed by atoms with E-state index in [1.54, 1.807) is 6.92 Å². The molecule has 1 rings (SSSR count). The zero-order valence-corrected chi connectivity index (χ0v) is 8.17. The highest BCUT2D eigenvalue weighted by molar-refractivity contribution is 5.91. The molecule has 1 aromatic rings. The van der Waals surface area contributed by atoms with Crippen LogP contribution >= 0.6 is 0 Å². The van der Waals surface area contributed by atoms with Crippen molar-refractivity contribution in [2.45, 2.75) is 6.92 Å². The standard InChI is InChI=1S/C11H10F2O2/c1-2-15-11(14)10(13)7-8-4-3-5-9(12)6-8/h3-7H,2H2,1H3/b10-7-. The molecule has 1 aromatic carbocycles. The molecule has 0 spiro atoms. The quantitative estimate of drug-likeness (QED) is 0.568. The van der Waals surface area contributed by atoms with Crippen molar-refractivity contribution in [3.8, 4) is 0 Å². The largest absolute Gasteiger partial charge is 0.461 e. The van der Waals surface area contributed by atoms with Crippen LogP contribution in [0.25, 0.3) is 6.08 Å². The Balaban J connectivity index is 2.82. The Kier molecular flexibility index (Phi) is 3.97. The van der Waals surface area contributed by atoms with Crippen LogP contribution in [0.4, 0.5) is 8.78 Å². The molecular formula is C11H10F2O2. The minimum Gasteiger partial charge on any atom is -0.461 e. The van der Waals surface area contributed by atoms with Crippen LogP contribution in [0.15, 0.2) is 30.1 Å². The normalized spacial score (nSPS) is 11.3. The zero-order valence-electron chi connectivity index (χ0n) is 8.17. The first kappa shape index (κ1) is 11.4. The maximum atomic E-state index is 13.1. The first-order valence-electron chi connectivity index (χ1n) is 4.43. The van der Waals surface area contributed by atoms with Crippen LogP contribution < -0.4 is 0 Å². The molecule has 0 heterocycles. The first-order valence-corrected chi connectivity index (χ1v) is 4.43. The van der Waals surface area contributed by atoms with E-state index in [1.165, 1.54) is 18.2 Å². The number of esters is 1. The molecule has 0 amide bonds. The third-order valence-electron chi connectivity index (χ3n) is 1.61. The molecule has 0 aliphatic heterocycles. The average molecular weight is 212 g/mol. The Morgan fingerprint density at radius 1 is 1.53 bits per heavy atom. The Hall–Kier alpha value is -1.71. The number of carbonyl (C=O) groups is 1. The molecule has 0 N–H and O–H groups in total. The van der Waals surface area contributed by atoms with Gasteiger partial charge in [0, 0.05) is 0 Å². The van der Waals surface area contributed by atoms with Crippen molar-refractivity contribution in [1.82, 2.24) is 0 Å². The molecule has 0 aliphatic rings. The Morgan fingerprint density at radius 3 is 2.87 bits per heavy atom. The van der Waals surface area contributed by atoms with Gasteiger partial charge >= 0.3 is 5.97 Å². The van der Waals surface area contributed by atoms with Crippen LogP contribution in [-0.4, -0.2) is 12.6 Å². The van der Waals surface area contributed by atoms with E-state index in [0.717, 1.165) is 12.1 Å². The van der Waals surface area contributed by atoms with Gasteiger partial charge in [-0.2, -0.15) is 4.39 Å². The van der Waals surface area contributed by atoms with Crippen molar-refractivity contribution in [2.24, 2.45) is 0 Å². The van der Waals surface area contributed by atoms with E-state index < -0.39 is 17.6 Å². The van der Waals surface area contributed by atoms with E-state index in [-0.39, 0.29) is 12.2 Å². The summed E-state index contributed by atoms with van der Waals surface area (Å²) in [5, 5.41) is 0. The van der Waals surface area contributed by atoms with E-state index in [9.17, 15) is 13.6 Å². The molecule has 15 heavy (non-hydrogen) atoms. The van der Waals surface area contributed by atoms with Gasteiger partial charge in [0.05, 0.1) is 6.61 Å². The number of halogens is 2. The van der Waals surface area contributed by atoms with Crippen LogP contribution in [0.2, 0.25) is 0 Å². The summed E-state index contributed by atoms with van der Waals surface area (Å²) >= 11 is 0. The van der Waals surface area contributed by atoms with Crippen LogP contribution in [-0.2, 0) is 9.53 Å². The zero-order chi connectivity index (χ0) is 11.3. The second-order valence-electron chi connectivity index (χ2n) is 2.77. The molecule has 80 valence electrons. The van der Waals surface area contributed by atoms with Gasteiger partial charge in [0.25, 0.3) is 0 Å². The molecule has 0 radical (unpaired) electrons. The Morgan fingerprint density at radius 2 is 2.27 bits per heavy atom. The third-order valence-corrected chi connectivity index (χ3v) is 1.61. The molecule has 2 nitrogen and oxygen atoms in total. The lowest BCUT2D eigenvalue weighted by Gasteiger charge is -1.98. The summed E-state index contributed by atoms with van der Waals surface area (Å²) in [5.41, 5.74) is 0.278. The average Bonchev–Trinajstić information content (AvgIpc) is 2.18. The number of ether oxygens (including phenoxy) is 1. The topological polar surface area (TPSA) is 26.3 Å². The highest BCUT2D eigenvalue weighted by Gasteiger charge is 2.09. The fourth-order valence-corrected chi connectivity index (χ4v) is 1.00. The van der Waals surface area contributed by atoms with Gasteiger partial charge in [0.2, 0.25) is 5.83 Å². The molecule has 0 bridgehead atoms. The Bertz CT molecular complexity index is 386. The summed E-state index contributed by atoms with van der Waals surface area (Å²) in [5.74, 6) is -2.57. The van der Waals surface area contributed by atoms with E-state index in [0.29, 0.717) is 0 Å². The second kappa shape index (κ2) is 5.24. The highest BCUT2D eigenvalue weighted by Crippen LogP contribution is 2.10. The number of hydrogen-bond acceptors (Lipinski definition) is 2. The molecular weight excluding hydrogens is 202 g/mol. The van der Waals surface area contributed by atoms with Gasteiger partial charge in [-0.3, -0.25) is 0 Å². The molecule has 0 fully saturated rings. The smallest absolute Gasteiger partial charge is 0.367 e. The summed E-state index contributed by atoms with van der Waals surface area (Å²) < 4.78 is 30.2. The number of benzene rings is 1. The van der Waals surface area contributed by atoms with Crippen molar-refractivity contribution >= 4 is 12.0 Å². The van der Waals surface area contributed by atoms with Crippen molar-refractivity contribution < 1.29 is 18.3 Å². The van der Waals surface area contributed by atoms with Crippen molar-refractivity contribution in [2.75, 3.05) is 6.61 Å². The number of carbonyl (C=O) groups excluding carboxylic acids is 1. The van der Waals surface area contributed by atoms with Crippen molar-refractivity contribution in [3.05, 3.63) is 41.5 Å². The predicted molar refractivity (Wildman–Crippen MR) is 52.1 cm³/mol. The van der Waals surface area contributed by atoms with E-state index in [1.807, 2.05) is 0 Å². The third kappa shape index (κ3) is 3.50. The summed E-state index contributed by atoms with van der Waals surface area (Å²) in [6, 6.07) is 5.28. The van der Waals surface area contributed by atoms with Crippen molar-refractivity contribution in [3.63, 3.8) is 0 Å². The van der Waals surface area contributed by atoms with E-state index >= 15 is 0 Å². The van der Waals surface area contributed by atoms with Crippen LogP contribution in [0.5, 0.6) is 0 Å². The summed E-state index contributed by atoms with van der Waals surface area (Å²) in [7, 11) is 0. The summed E-state index contributed by atoms with van der Waals surface area (Å²) in [6.45, 7) is 1.68. The lowest BCUT2D eigenvalue weighted by atomic mass is 10.2. The number of hydrogen-bond donors (Lipinski definition) is 0. The lowest BCUT2D eigenvalue weighted by molar-refractivity contribution is -0.140. The van der Waals surface area contributed by atoms with Gasteiger partial charge in [-0.05, 0) is 30.7 Å². The molecule has 0 saturated carbocycles. The predicted octanol–water partition coefficient (Wildman–Crippen LogP) is 2.70. The molecule has 0 aromatic heterocycles. The molecule has 4 heteroatoms. The highest BCUT2D eigenvalue weighted by atomic mass is 19.1. The van der Waals surface area contributed by atoms with Gasteiger partial charge in [-0.25, -0.2) is 9.18 Å². The fraction of sp³-hybridized carbons (Fsp3) is 0.182. The lowest BCUT2D eigenvalue weighted by Crippen LogP contribution is -2.03. The monoisotopic (exact) mass is 212 g/mol. The van der Waals surface area contributed by atoms with Gasteiger partial charge in [-0.1, -0.05) is 12.1 Å². The first-order chi connectivity index (χ1) is 7.13. The molecule has 0 unspecified atom stereocenters. The van der Waals surface area contributed by atoms with Crippen molar-refractivity contribution in [1.29, 1.82) is 0 Å². The minimum absolute atomic E-state index is 0.100. The second-order valence-corrected chi connectivity index (χ2v) is 2.77. The molecule has 0 saturated heterocycles. The van der Waals surface area contributed by atoms with Crippen LogP contribution in [0.1, 0.15) is 12.5 Å². The summed E-state index contributed by atoms with van der Waals surface area (Å²) in [4.78, 5) is 10.9. The number of rotatable bonds is 3. The van der Waals surface area contributed by atoms with Gasteiger partial charge < -0.3 is 4.74 Å². The Labute approximate surface area is 86.2 Å². The van der Waals surface area contributed by atoms with Crippen LogP contribution in [0.3, 0.4) is 0 Å². The van der Waals surface area contributed by atoms with Gasteiger partial charge in [0.1, 0.15) is 5.82 Å². The maximum Gasteiger partial charge on any atom is 0.367 e. The van der Waals surface area contributed by atoms with Crippen LogP contribution in [0, 0.1) is 5.82 Å². The van der Waals surface area contributed by atoms with Gasteiger partial charge in [-0.15, -0.1) is 0 Å². The maximum absolute atomic E-state index is 13.1. The molecule has 0 aliphatic carbocycles. The molecule has 0 atom stereocenters. The summed E-state index contributed by atoms with van der Waals surface area (Å²) in [6.07, 6.45) is 0.932.